The maximum atomic E-state index is 13.0. The highest BCUT2D eigenvalue weighted by Gasteiger charge is 2.33. The molecule has 120 valence electrons. The molecule has 0 aliphatic heterocycles. The molecule has 0 spiro atoms. The number of carbonyl (C=O) groups excluding carboxylic acids is 2. The summed E-state index contributed by atoms with van der Waals surface area (Å²) >= 11 is 0. The van der Waals surface area contributed by atoms with Crippen molar-refractivity contribution in [2.75, 3.05) is 5.73 Å². The number of fused-ring (bicyclic) bond motifs is 2. The molecule has 4 nitrogen and oxygen atoms in total. The van der Waals surface area contributed by atoms with Gasteiger partial charge in [-0.25, -0.2) is 0 Å². The summed E-state index contributed by atoms with van der Waals surface area (Å²) in [5.41, 5.74) is 8.94. The summed E-state index contributed by atoms with van der Waals surface area (Å²) in [5, 5.41) is 0. The van der Waals surface area contributed by atoms with Crippen molar-refractivity contribution in [2.45, 2.75) is 0 Å². The molecule has 0 unspecified atom stereocenters. The molecule has 0 saturated heterocycles. The number of nitrogens with zero attached hydrogens (tertiary/aromatic N) is 1. The van der Waals surface area contributed by atoms with E-state index in [1.807, 2.05) is 30.3 Å². The Morgan fingerprint density at radius 1 is 0.720 bits per heavy atom. The number of nitrogens with two attached hydrogens (primary N) is 1. The van der Waals surface area contributed by atoms with E-state index < -0.39 is 0 Å². The second-order valence-electron chi connectivity index (χ2n) is 5.80. The van der Waals surface area contributed by atoms with Crippen LogP contribution in [0.4, 0.5) is 11.4 Å². The highest BCUT2D eigenvalue weighted by Crippen LogP contribution is 2.36. The molecular weight excluding hydrogens is 312 g/mol. The van der Waals surface area contributed by atoms with Crippen LogP contribution in [0.15, 0.2) is 71.7 Å². The molecule has 0 fully saturated rings. The van der Waals surface area contributed by atoms with E-state index >= 15 is 0 Å². The van der Waals surface area contributed by atoms with E-state index in [-0.39, 0.29) is 22.7 Å². The van der Waals surface area contributed by atoms with Crippen molar-refractivity contribution in [3.05, 3.63) is 94.5 Å². The van der Waals surface area contributed by atoms with Gasteiger partial charge in [-0.3, -0.25) is 14.6 Å². The number of hydrogen-bond acceptors (Lipinski definition) is 4. The van der Waals surface area contributed by atoms with Crippen molar-refractivity contribution in [3.8, 4) is 0 Å². The van der Waals surface area contributed by atoms with Gasteiger partial charge < -0.3 is 5.73 Å². The number of aliphatic imine (C=N–C) groups is 1. The van der Waals surface area contributed by atoms with Gasteiger partial charge in [0.2, 0.25) is 0 Å². The minimum absolute atomic E-state index is 0.224. The lowest BCUT2D eigenvalue weighted by molar-refractivity contribution is 0.0980. The highest BCUT2D eigenvalue weighted by atomic mass is 16.1. The van der Waals surface area contributed by atoms with Crippen molar-refractivity contribution >= 4 is 29.2 Å². The Morgan fingerprint density at radius 2 is 1.32 bits per heavy atom. The average molecular weight is 326 g/mol. The SMILES string of the molecule is Nc1ccc(N=Cc2ccccc2)c2c1C(=O)c1ccccc1C2=O. The van der Waals surface area contributed by atoms with E-state index in [1.165, 1.54) is 0 Å². The zero-order valence-electron chi connectivity index (χ0n) is 13.3. The van der Waals surface area contributed by atoms with Crippen LogP contribution in [0.2, 0.25) is 0 Å². The highest BCUT2D eigenvalue weighted by molar-refractivity contribution is 6.31. The van der Waals surface area contributed by atoms with Crippen LogP contribution in [0, 0.1) is 0 Å². The first-order chi connectivity index (χ1) is 12.2. The molecule has 0 atom stereocenters. The van der Waals surface area contributed by atoms with Crippen LogP contribution in [-0.4, -0.2) is 17.8 Å². The van der Waals surface area contributed by atoms with Crippen LogP contribution >= 0.6 is 0 Å². The number of rotatable bonds is 2. The lowest BCUT2D eigenvalue weighted by Crippen LogP contribution is -2.22. The number of carbonyl (C=O) groups is 2. The van der Waals surface area contributed by atoms with Gasteiger partial charge in [-0.2, -0.15) is 0 Å². The van der Waals surface area contributed by atoms with Crippen LogP contribution in [0.3, 0.4) is 0 Å². The molecule has 0 bridgehead atoms. The van der Waals surface area contributed by atoms with E-state index in [0.717, 1.165) is 5.56 Å². The summed E-state index contributed by atoms with van der Waals surface area (Å²) in [6.07, 6.45) is 1.67. The van der Waals surface area contributed by atoms with Crippen LogP contribution in [0.5, 0.6) is 0 Å². The summed E-state index contributed by atoms with van der Waals surface area (Å²) in [6, 6.07) is 19.6. The van der Waals surface area contributed by atoms with Crippen molar-refractivity contribution in [2.24, 2.45) is 4.99 Å². The Labute approximate surface area is 144 Å². The Kier molecular flexibility index (Phi) is 3.51. The van der Waals surface area contributed by atoms with Gasteiger partial charge in [-0.15, -0.1) is 0 Å². The van der Waals surface area contributed by atoms with Crippen molar-refractivity contribution in [1.82, 2.24) is 0 Å². The largest absolute Gasteiger partial charge is 0.398 e. The number of nitrogen functional groups attached to an aromatic ring is 1. The summed E-state index contributed by atoms with van der Waals surface area (Å²) < 4.78 is 0. The van der Waals surface area contributed by atoms with E-state index in [4.69, 9.17) is 5.73 Å². The third kappa shape index (κ3) is 2.44. The van der Waals surface area contributed by atoms with Crippen LogP contribution < -0.4 is 5.73 Å². The molecule has 1 aliphatic rings. The second-order valence-corrected chi connectivity index (χ2v) is 5.80. The minimum atomic E-state index is -0.237. The maximum absolute atomic E-state index is 13.0. The lowest BCUT2D eigenvalue weighted by Gasteiger charge is -2.20. The predicted octanol–water partition coefficient (Wildman–Crippen LogP) is 3.79. The second kappa shape index (κ2) is 5.83. The first kappa shape index (κ1) is 15.0. The molecule has 1 aliphatic carbocycles. The van der Waals surface area contributed by atoms with Crippen molar-refractivity contribution in [3.63, 3.8) is 0 Å². The number of ketones is 2. The van der Waals surface area contributed by atoms with Gasteiger partial charge in [0.05, 0.1) is 16.8 Å². The van der Waals surface area contributed by atoms with Gasteiger partial charge in [-0.05, 0) is 17.7 Å². The lowest BCUT2D eigenvalue weighted by atomic mass is 9.82. The fraction of sp³-hybridized carbons (Fsp3) is 0. The molecule has 3 aromatic carbocycles. The molecule has 2 N–H and O–H groups in total. The summed E-state index contributed by atoms with van der Waals surface area (Å²) in [6.45, 7) is 0. The fourth-order valence-corrected chi connectivity index (χ4v) is 3.02. The van der Waals surface area contributed by atoms with E-state index in [0.29, 0.717) is 22.5 Å². The summed E-state index contributed by atoms with van der Waals surface area (Å²) in [7, 11) is 0. The summed E-state index contributed by atoms with van der Waals surface area (Å²) in [4.78, 5) is 30.2. The van der Waals surface area contributed by atoms with Gasteiger partial charge in [0.15, 0.2) is 11.6 Å². The average Bonchev–Trinajstić information content (AvgIpc) is 2.66. The molecule has 0 amide bonds. The molecule has 0 radical (unpaired) electrons. The van der Waals surface area contributed by atoms with Gasteiger partial charge in [0.1, 0.15) is 0 Å². The molecular formula is C21H14N2O2. The molecule has 0 aromatic heterocycles. The van der Waals surface area contributed by atoms with Gasteiger partial charge in [0.25, 0.3) is 0 Å². The van der Waals surface area contributed by atoms with Crippen molar-refractivity contribution in [1.29, 1.82) is 0 Å². The van der Waals surface area contributed by atoms with Gasteiger partial charge in [0, 0.05) is 23.0 Å². The molecule has 0 heterocycles. The van der Waals surface area contributed by atoms with E-state index in [1.54, 1.807) is 42.6 Å². The van der Waals surface area contributed by atoms with Crippen LogP contribution in [-0.2, 0) is 0 Å². The third-order valence-corrected chi connectivity index (χ3v) is 4.24. The number of hydrogen-bond donors (Lipinski definition) is 1. The number of benzene rings is 3. The molecule has 0 saturated carbocycles. The quantitative estimate of drug-likeness (QED) is 0.450. The Morgan fingerprint density at radius 3 is 2.00 bits per heavy atom. The zero-order valence-corrected chi connectivity index (χ0v) is 13.3. The number of anilines is 1. The van der Waals surface area contributed by atoms with Crippen LogP contribution in [0.1, 0.15) is 37.4 Å². The molecule has 4 heteroatoms. The monoisotopic (exact) mass is 326 g/mol. The fourth-order valence-electron chi connectivity index (χ4n) is 3.02. The topological polar surface area (TPSA) is 72.5 Å². The Bertz CT molecular complexity index is 1040. The Balaban J connectivity index is 1.89. The molecule has 3 aromatic rings. The molecule has 4 rings (SSSR count). The zero-order chi connectivity index (χ0) is 17.4. The predicted molar refractivity (Wildman–Crippen MR) is 97.9 cm³/mol. The Hall–Kier alpha value is -3.53. The standard InChI is InChI=1S/C21H14N2O2/c22-16-10-11-17(23-12-13-6-2-1-3-7-13)19-18(16)20(24)14-8-4-5-9-15(14)21(19)25/h1-12H,22H2. The van der Waals surface area contributed by atoms with Gasteiger partial charge in [-0.1, -0.05) is 54.6 Å². The van der Waals surface area contributed by atoms with Gasteiger partial charge >= 0.3 is 0 Å². The minimum Gasteiger partial charge on any atom is -0.398 e. The first-order valence-electron chi connectivity index (χ1n) is 7.87. The smallest absolute Gasteiger partial charge is 0.196 e. The van der Waals surface area contributed by atoms with E-state index in [2.05, 4.69) is 4.99 Å². The van der Waals surface area contributed by atoms with E-state index in [9.17, 15) is 9.59 Å². The van der Waals surface area contributed by atoms with Crippen LogP contribution in [0.25, 0.3) is 0 Å². The van der Waals surface area contributed by atoms with Crippen molar-refractivity contribution < 1.29 is 9.59 Å². The normalized spacial score (nSPS) is 13.0. The molecule has 25 heavy (non-hydrogen) atoms. The third-order valence-electron chi connectivity index (χ3n) is 4.24. The summed E-state index contributed by atoms with van der Waals surface area (Å²) in [5.74, 6) is -0.461. The first-order valence-corrected chi connectivity index (χ1v) is 7.87. The maximum Gasteiger partial charge on any atom is 0.196 e.